The van der Waals surface area contributed by atoms with Gasteiger partial charge in [-0.2, -0.15) is 0 Å². The van der Waals surface area contributed by atoms with Crippen molar-refractivity contribution in [2.24, 2.45) is 0 Å². The van der Waals surface area contributed by atoms with Gasteiger partial charge in [0.1, 0.15) is 5.65 Å². The highest BCUT2D eigenvalue weighted by molar-refractivity contribution is 6.30. The number of aliphatic hydroxyl groups excluding tert-OH is 1. The number of pyridine rings is 1. The number of hydrogen-bond acceptors (Lipinski definition) is 2. The van der Waals surface area contributed by atoms with Gasteiger partial charge in [0.05, 0.1) is 22.5 Å². The first-order chi connectivity index (χ1) is 10.5. The molecular weight excluding hydrogens is 296 g/mol. The van der Waals surface area contributed by atoms with Crippen LogP contribution in [-0.2, 0) is 0 Å². The second-order valence-electron chi connectivity index (χ2n) is 5.87. The molecule has 2 heterocycles. The average Bonchev–Trinajstić information content (AvgIpc) is 2.85. The van der Waals surface area contributed by atoms with Gasteiger partial charge < -0.3 is 5.11 Å². The van der Waals surface area contributed by atoms with E-state index in [1.165, 1.54) is 5.56 Å². The summed E-state index contributed by atoms with van der Waals surface area (Å²) in [6.07, 6.45) is 1.16. The number of fused-ring (bicyclic) bond motifs is 1. The molecule has 0 saturated heterocycles. The smallest absolute Gasteiger partial charge is 0.137 e. The molecule has 0 radical (unpaired) electrons. The molecule has 0 amide bonds. The molecule has 0 aliphatic heterocycles. The SMILES string of the molecule is CC(C)c1ccc(-c2nc3ccc(Cl)cn3c2C(C)O)cc1. The van der Waals surface area contributed by atoms with E-state index in [0.717, 1.165) is 22.6 Å². The highest BCUT2D eigenvalue weighted by Gasteiger charge is 2.18. The fraction of sp³-hybridized carbons (Fsp3) is 0.278. The number of rotatable bonds is 3. The Morgan fingerprint density at radius 2 is 1.73 bits per heavy atom. The van der Waals surface area contributed by atoms with E-state index in [1.54, 1.807) is 19.2 Å². The third kappa shape index (κ3) is 2.62. The maximum Gasteiger partial charge on any atom is 0.137 e. The maximum absolute atomic E-state index is 10.2. The van der Waals surface area contributed by atoms with Crippen LogP contribution in [0.5, 0.6) is 0 Å². The Bertz CT molecular complexity index is 804. The number of aromatic nitrogens is 2. The predicted octanol–water partition coefficient (Wildman–Crippen LogP) is 4.83. The number of aliphatic hydroxyl groups is 1. The molecule has 3 rings (SSSR count). The largest absolute Gasteiger partial charge is 0.387 e. The minimum absolute atomic E-state index is 0.491. The zero-order valence-electron chi connectivity index (χ0n) is 12.9. The van der Waals surface area contributed by atoms with Crippen molar-refractivity contribution in [2.75, 3.05) is 0 Å². The topological polar surface area (TPSA) is 37.5 Å². The summed E-state index contributed by atoms with van der Waals surface area (Å²) < 4.78 is 1.86. The van der Waals surface area contributed by atoms with E-state index in [4.69, 9.17) is 11.6 Å². The lowest BCUT2D eigenvalue weighted by Crippen LogP contribution is -1.99. The van der Waals surface area contributed by atoms with E-state index in [-0.39, 0.29) is 0 Å². The highest BCUT2D eigenvalue weighted by Crippen LogP contribution is 2.30. The molecule has 2 aromatic heterocycles. The molecule has 1 N–H and O–H groups in total. The van der Waals surface area contributed by atoms with Crippen molar-refractivity contribution in [3.05, 3.63) is 58.9 Å². The quantitative estimate of drug-likeness (QED) is 0.751. The summed E-state index contributed by atoms with van der Waals surface area (Å²) in [6, 6.07) is 12.0. The average molecular weight is 315 g/mol. The van der Waals surface area contributed by atoms with E-state index in [0.29, 0.717) is 10.9 Å². The third-order valence-electron chi connectivity index (χ3n) is 3.87. The standard InChI is InChI=1S/C18H19ClN2O/c1-11(2)13-4-6-14(7-5-13)17-18(12(3)22)21-10-15(19)8-9-16(21)20-17/h4-12,22H,1-3H3. The summed E-state index contributed by atoms with van der Waals surface area (Å²) in [7, 11) is 0. The van der Waals surface area contributed by atoms with Gasteiger partial charge in [0.2, 0.25) is 0 Å². The Morgan fingerprint density at radius 1 is 1.05 bits per heavy atom. The van der Waals surface area contributed by atoms with E-state index in [9.17, 15) is 5.11 Å². The van der Waals surface area contributed by atoms with Gasteiger partial charge in [-0.05, 0) is 30.5 Å². The van der Waals surface area contributed by atoms with Crippen LogP contribution in [0, 0.1) is 0 Å². The molecule has 0 spiro atoms. The van der Waals surface area contributed by atoms with E-state index in [1.807, 2.05) is 10.5 Å². The van der Waals surface area contributed by atoms with Crippen molar-refractivity contribution in [1.82, 2.24) is 9.38 Å². The zero-order valence-corrected chi connectivity index (χ0v) is 13.7. The Labute approximate surface area is 135 Å². The van der Waals surface area contributed by atoms with Crippen LogP contribution in [0.15, 0.2) is 42.6 Å². The second-order valence-corrected chi connectivity index (χ2v) is 6.31. The van der Waals surface area contributed by atoms with Crippen LogP contribution in [0.25, 0.3) is 16.9 Å². The lowest BCUT2D eigenvalue weighted by molar-refractivity contribution is 0.194. The first-order valence-electron chi connectivity index (χ1n) is 7.43. The number of nitrogens with zero attached hydrogens (tertiary/aromatic N) is 2. The number of halogens is 1. The fourth-order valence-corrected chi connectivity index (χ4v) is 2.84. The normalized spacial score (nSPS) is 13.0. The molecule has 0 saturated carbocycles. The maximum atomic E-state index is 10.2. The van der Waals surface area contributed by atoms with E-state index < -0.39 is 6.10 Å². The molecule has 1 atom stereocenters. The molecule has 22 heavy (non-hydrogen) atoms. The van der Waals surface area contributed by atoms with Gasteiger partial charge in [0.15, 0.2) is 0 Å². The van der Waals surface area contributed by atoms with Crippen LogP contribution in [0.1, 0.15) is 44.1 Å². The molecule has 1 unspecified atom stereocenters. The summed E-state index contributed by atoms with van der Waals surface area (Å²) >= 11 is 6.08. The summed E-state index contributed by atoms with van der Waals surface area (Å²) in [5, 5.41) is 10.8. The zero-order chi connectivity index (χ0) is 15.9. The molecule has 4 heteroatoms. The Morgan fingerprint density at radius 3 is 2.32 bits per heavy atom. The monoisotopic (exact) mass is 314 g/mol. The summed E-state index contributed by atoms with van der Waals surface area (Å²) in [4.78, 5) is 4.66. The minimum atomic E-state index is -0.631. The molecule has 3 nitrogen and oxygen atoms in total. The molecule has 0 aliphatic carbocycles. The molecular formula is C18H19ClN2O. The van der Waals surface area contributed by atoms with Crippen LogP contribution in [0.2, 0.25) is 5.02 Å². The van der Waals surface area contributed by atoms with Gasteiger partial charge in [-0.1, -0.05) is 49.7 Å². The van der Waals surface area contributed by atoms with E-state index >= 15 is 0 Å². The van der Waals surface area contributed by atoms with Crippen molar-refractivity contribution in [2.45, 2.75) is 32.8 Å². The van der Waals surface area contributed by atoms with Gasteiger partial charge in [-0.15, -0.1) is 0 Å². The van der Waals surface area contributed by atoms with Crippen molar-refractivity contribution in [1.29, 1.82) is 0 Å². The van der Waals surface area contributed by atoms with Crippen molar-refractivity contribution >= 4 is 17.2 Å². The van der Waals surface area contributed by atoms with Gasteiger partial charge in [0, 0.05) is 11.8 Å². The third-order valence-corrected chi connectivity index (χ3v) is 4.09. The highest BCUT2D eigenvalue weighted by atomic mass is 35.5. The van der Waals surface area contributed by atoms with Crippen molar-refractivity contribution < 1.29 is 5.11 Å². The summed E-state index contributed by atoms with van der Waals surface area (Å²) in [5.41, 5.74) is 4.62. The lowest BCUT2D eigenvalue weighted by atomic mass is 10.00. The Kier molecular flexibility index (Phi) is 3.94. The summed E-state index contributed by atoms with van der Waals surface area (Å²) in [6.45, 7) is 6.09. The summed E-state index contributed by atoms with van der Waals surface area (Å²) in [5.74, 6) is 0.491. The van der Waals surface area contributed by atoms with Gasteiger partial charge >= 0.3 is 0 Å². The van der Waals surface area contributed by atoms with Gasteiger partial charge in [-0.25, -0.2) is 4.98 Å². The van der Waals surface area contributed by atoms with Crippen LogP contribution >= 0.6 is 11.6 Å². The molecule has 0 fully saturated rings. The van der Waals surface area contributed by atoms with Crippen LogP contribution in [0.4, 0.5) is 0 Å². The first-order valence-corrected chi connectivity index (χ1v) is 7.81. The van der Waals surface area contributed by atoms with E-state index in [2.05, 4.69) is 43.1 Å². The molecule has 3 aromatic rings. The molecule has 0 bridgehead atoms. The Hall–Kier alpha value is -1.84. The molecule has 114 valence electrons. The number of hydrogen-bond donors (Lipinski definition) is 1. The minimum Gasteiger partial charge on any atom is -0.387 e. The Balaban J connectivity index is 2.19. The van der Waals surface area contributed by atoms with Gasteiger partial charge in [-0.3, -0.25) is 4.40 Å². The number of imidazole rings is 1. The van der Waals surface area contributed by atoms with Crippen LogP contribution in [0.3, 0.4) is 0 Å². The van der Waals surface area contributed by atoms with Crippen molar-refractivity contribution in [3.8, 4) is 11.3 Å². The lowest BCUT2D eigenvalue weighted by Gasteiger charge is -2.09. The van der Waals surface area contributed by atoms with Crippen molar-refractivity contribution in [3.63, 3.8) is 0 Å². The predicted molar refractivity (Wildman–Crippen MR) is 90.4 cm³/mol. The first kappa shape index (κ1) is 15.1. The fourth-order valence-electron chi connectivity index (χ4n) is 2.67. The van der Waals surface area contributed by atoms with Gasteiger partial charge in [0.25, 0.3) is 0 Å². The molecule has 1 aromatic carbocycles. The van der Waals surface area contributed by atoms with Crippen LogP contribution < -0.4 is 0 Å². The van der Waals surface area contributed by atoms with Crippen LogP contribution in [-0.4, -0.2) is 14.5 Å². The second kappa shape index (κ2) is 5.75. The molecule has 0 aliphatic rings. The number of benzene rings is 1.